The highest BCUT2D eigenvalue weighted by Gasteiger charge is 2.46. The van der Waals surface area contributed by atoms with Crippen LogP contribution >= 0.6 is 11.3 Å². The summed E-state index contributed by atoms with van der Waals surface area (Å²) in [6, 6.07) is 79.0. The molecule has 2 aliphatic rings. The van der Waals surface area contributed by atoms with Crippen LogP contribution in [0.4, 0.5) is 17.1 Å². The van der Waals surface area contributed by atoms with Crippen LogP contribution in [-0.2, 0) is 10.8 Å². The number of para-hydroxylation sites is 1. The predicted octanol–water partition coefficient (Wildman–Crippen LogP) is 15.9. The molecule has 0 saturated carbocycles. The molecule has 60 heavy (non-hydrogen) atoms. The second-order valence-corrected chi connectivity index (χ2v) is 17.8. The molecule has 0 aliphatic heterocycles. The summed E-state index contributed by atoms with van der Waals surface area (Å²) in [5.74, 6) is 0. The van der Waals surface area contributed by atoms with Crippen molar-refractivity contribution in [1.29, 1.82) is 0 Å². The van der Waals surface area contributed by atoms with Gasteiger partial charge in [-0.1, -0.05) is 190 Å². The molecule has 0 bridgehead atoms. The van der Waals surface area contributed by atoms with Crippen molar-refractivity contribution in [1.82, 2.24) is 0 Å². The highest BCUT2D eigenvalue weighted by atomic mass is 32.1. The molecule has 0 fully saturated rings. The van der Waals surface area contributed by atoms with Gasteiger partial charge in [-0.3, -0.25) is 0 Å². The molecule has 284 valence electrons. The monoisotopic (exact) mass is 783 g/mol. The minimum atomic E-state index is -0.508. The molecule has 10 aromatic rings. The molecule has 0 saturated heterocycles. The van der Waals surface area contributed by atoms with Crippen molar-refractivity contribution < 1.29 is 0 Å². The summed E-state index contributed by atoms with van der Waals surface area (Å²) in [4.78, 5) is 2.51. The van der Waals surface area contributed by atoms with Gasteiger partial charge in [0.15, 0.2) is 0 Å². The standard InChI is InChI=1S/C58H41NS/c1-57(2)52-37-42(32-33-46(52)48-34-35-49-47-27-12-16-31-54(47)60-56(49)55(48)57)59(53-30-15-11-24-43(53)38-18-5-3-6-19-38)41-23-17-22-40(36-41)58(39-20-7-4-8-21-39)50-28-13-9-25-44(50)45-26-10-14-29-51(45)58/h3-37H,1-2H3. The van der Waals surface area contributed by atoms with E-state index in [1.54, 1.807) is 0 Å². The number of benzene rings is 9. The van der Waals surface area contributed by atoms with Crippen LogP contribution in [0.15, 0.2) is 212 Å². The Balaban J connectivity index is 1.10. The fraction of sp³-hybridized carbons (Fsp3) is 0.0690. The molecular formula is C58H41NS. The lowest BCUT2D eigenvalue weighted by Crippen LogP contribution is -2.28. The van der Waals surface area contributed by atoms with Crippen LogP contribution in [0, 0.1) is 0 Å². The van der Waals surface area contributed by atoms with E-state index in [0.29, 0.717) is 0 Å². The summed E-state index contributed by atoms with van der Waals surface area (Å²) in [6.07, 6.45) is 0. The van der Waals surface area contributed by atoms with E-state index in [-0.39, 0.29) is 5.41 Å². The lowest BCUT2D eigenvalue weighted by Gasteiger charge is -2.35. The second-order valence-electron chi connectivity index (χ2n) is 16.8. The largest absolute Gasteiger partial charge is 0.310 e. The number of hydrogen-bond acceptors (Lipinski definition) is 2. The smallest absolute Gasteiger partial charge is 0.0714 e. The van der Waals surface area contributed by atoms with Gasteiger partial charge >= 0.3 is 0 Å². The number of nitrogens with zero attached hydrogens (tertiary/aromatic N) is 1. The molecule has 1 heterocycles. The summed E-state index contributed by atoms with van der Waals surface area (Å²) in [5.41, 5.74) is 18.3. The van der Waals surface area contributed by atoms with Gasteiger partial charge < -0.3 is 4.90 Å². The first-order valence-electron chi connectivity index (χ1n) is 20.9. The van der Waals surface area contributed by atoms with Crippen LogP contribution in [0.2, 0.25) is 0 Å². The van der Waals surface area contributed by atoms with Crippen molar-refractivity contribution in [3.05, 3.63) is 246 Å². The summed E-state index contributed by atoms with van der Waals surface area (Å²) < 4.78 is 2.75. The molecule has 12 rings (SSSR count). The molecule has 9 aromatic carbocycles. The highest BCUT2D eigenvalue weighted by Crippen LogP contribution is 2.58. The third-order valence-corrected chi connectivity index (χ3v) is 14.5. The first-order valence-corrected chi connectivity index (χ1v) is 21.7. The zero-order valence-corrected chi connectivity index (χ0v) is 34.4. The van der Waals surface area contributed by atoms with E-state index < -0.39 is 5.41 Å². The van der Waals surface area contributed by atoms with E-state index in [1.165, 1.54) is 86.9 Å². The Morgan fingerprint density at radius 2 is 0.983 bits per heavy atom. The SMILES string of the molecule is CC1(C)c2cc(N(c3cccc(C4(c5ccccc5)c5ccccc5-c5ccccc54)c3)c3ccccc3-c3ccccc3)ccc2-c2ccc3c(sc4ccccc43)c21. The van der Waals surface area contributed by atoms with Crippen LogP contribution in [0.5, 0.6) is 0 Å². The molecule has 1 nitrogen and oxygen atoms in total. The quantitative estimate of drug-likeness (QED) is 0.162. The van der Waals surface area contributed by atoms with Gasteiger partial charge in [-0.2, -0.15) is 0 Å². The zero-order chi connectivity index (χ0) is 40.0. The van der Waals surface area contributed by atoms with Crippen LogP contribution in [0.1, 0.15) is 47.2 Å². The highest BCUT2D eigenvalue weighted by molar-refractivity contribution is 7.26. The maximum Gasteiger partial charge on any atom is 0.0714 e. The van der Waals surface area contributed by atoms with Gasteiger partial charge in [-0.15, -0.1) is 11.3 Å². The molecule has 1 aromatic heterocycles. The van der Waals surface area contributed by atoms with Crippen LogP contribution in [-0.4, -0.2) is 0 Å². The maximum atomic E-state index is 2.51. The van der Waals surface area contributed by atoms with Gasteiger partial charge in [-0.25, -0.2) is 0 Å². The van der Waals surface area contributed by atoms with Gasteiger partial charge in [0.1, 0.15) is 0 Å². The third kappa shape index (κ3) is 4.92. The van der Waals surface area contributed by atoms with Crippen LogP contribution < -0.4 is 4.90 Å². The Morgan fingerprint density at radius 1 is 0.400 bits per heavy atom. The number of hydrogen-bond donors (Lipinski definition) is 0. The van der Waals surface area contributed by atoms with Crippen LogP contribution in [0.3, 0.4) is 0 Å². The molecule has 0 amide bonds. The zero-order valence-electron chi connectivity index (χ0n) is 33.6. The maximum absolute atomic E-state index is 2.51. The van der Waals surface area contributed by atoms with E-state index in [9.17, 15) is 0 Å². The normalized spacial score (nSPS) is 14.1. The lowest BCUT2D eigenvalue weighted by molar-refractivity contribution is 0.667. The number of anilines is 3. The molecule has 2 heteroatoms. The van der Waals surface area contributed by atoms with E-state index >= 15 is 0 Å². The number of fused-ring (bicyclic) bond motifs is 10. The van der Waals surface area contributed by atoms with Gasteiger partial charge in [0.2, 0.25) is 0 Å². The van der Waals surface area contributed by atoms with Crippen molar-refractivity contribution in [2.45, 2.75) is 24.7 Å². The first-order chi connectivity index (χ1) is 29.5. The number of rotatable bonds is 6. The lowest BCUT2D eigenvalue weighted by atomic mass is 9.67. The minimum Gasteiger partial charge on any atom is -0.310 e. The Hall–Kier alpha value is -7.00. The first kappa shape index (κ1) is 35.0. The van der Waals surface area contributed by atoms with Crippen molar-refractivity contribution in [2.24, 2.45) is 0 Å². The van der Waals surface area contributed by atoms with E-state index in [1.807, 2.05) is 11.3 Å². The molecule has 0 spiro atoms. The van der Waals surface area contributed by atoms with Gasteiger partial charge in [0, 0.05) is 42.5 Å². The Bertz CT molecular complexity index is 3250. The predicted molar refractivity (Wildman–Crippen MR) is 254 cm³/mol. The average Bonchev–Trinajstić information content (AvgIpc) is 3.91. The van der Waals surface area contributed by atoms with Crippen molar-refractivity contribution >= 4 is 48.6 Å². The Kier molecular flexibility index (Phi) is 7.73. The van der Waals surface area contributed by atoms with Crippen molar-refractivity contribution in [3.8, 4) is 33.4 Å². The van der Waals surface area contributed by atoms with Crippen molar-refractivity contribution in [3.63, 3.8) is 0 Å². The minimum absolute atomic E-state index is 0.206. The third-order valence-electron chi connectivity index (χ3n) is 13.3. The van der Waals surface area contributed by atoms with Gasteiger partial charge in [0.25, 0.3) is 0 Å². The van der Waals surface area contributed by atoms with Crippen LogP contribution in [0.25, 0.3) is 53.6 Å². The van der Waals surface area contributed by atoms with E-state index in [0.717, 1.165) is 17.1 Å². The molecule has 0 unspecified atom stereocenters. The summed E-state index contributed by atoms with van der Waals surface area (Å²) in [6.45, 7) is 4.85. The topological polar surface area (TPSA) is 3.24 Å². The van der Waals surface area contributed by atoms with E-state index in [4.69, 9.17) is 0 Å². The van der Waals surface area contributed by atoms with E-state index in [2.05, 4.69) is 231 Å². The summed E-state index contributed by atoms with van der Waals surface area (Å²) in [7, 11) is 0. The average molecular weight is 784 g/mol. The fourth-order valence-electron chi connectivity index (χ4n) is 10.7. The Labute approximate surface area is 355 Å². The fourth-order valence-corrected chi connectivity index (χ4v) is 12.1. The molecule has 0 radical (unpaired) electrons. The van der Waals surface area contributed by atoms with Gasteiger partial charge in [0.05, 0.1) is 11.1 Å². The summed E-state index contributed by atoms with van der Waals surface area (Å²) >= 11 is 1.93. The van der Waals surface area contributed by atoms with Crippen molar-refractivity contribution in [2.75, 3.05) is 4.90 Å². The second kappa shape index (κ2) is 13.3. The summed E-state index contributed by atoms with van der Waals surface area (Å²) in [5, 5.41) is 2.70. The number of thiophene rings is 1. The Morgan fingerprint density at radius 3 is 1.75 bits per heavy atom. The molecular weight excluding hydrogens is 743 g/mol. The van der Waals surface area contributed by atoms with Gasteiger partial charge in [-0.05, 0) is 97.6 Å². The molecule has 2 aliphatic carbocycles. The molecule has 0 N–H and O–H groups in total. The molecule has 0 atom stereocenters.